The first-order valence-electron chi connectivity index (χ1n) is 5.36. The zero-order chi connectivity index (χ0) is 12.5. The quantitative estimate of drug-likeness (QED) is 0.600. The lowest BCUT2D eigenvalue weighted by molar-refractivity contribution is -0.118. The zero-order valence-electron chi connectivity index (χ0n) is 9.74. The van der Waals surface area contributed by atoms with Gasteiger partial charge >= 0.3 is 0 Å². The van der Waals surface area contributed by atoms with Crippen molar-refractivity contribution in [3.8, 4) is 0 Å². The number of thioether (sulfide) groups is 1. The molecule has 0 saturated carbocycles. The lowest BCUT2D eigenvalue weighted by Crippen LogP contribution is -2.26. The molecule has 5 heteroatoms. The van der Waals surface area contributed by atoms with E-state index in [-0.39, 0.29) is 11.7 Å². The first kappa shape index (κ1) is 14.0. The van der Waals surface area contributed by atoms with Crippen LogP contribution in [-0.4, -0.2) is 31.9 Å². The van der Waals surface area contributed by atoms with E-state index in [2.05, 4.69) is 5.32 Å². The smallest absolute Gasteiger partial charge is 0.230 e. The third-order valence-electron chi connectivity index (χ3n) is 2.03. The van der Waals surface area contributed by atoms with E-state index in [0.29, 0.717) is 18.9 Å². The highest BCUT2D eigenvalue weighted by molar-refractivity contribution is 8.00. The van der Waals surface area contributed by atoms with Crippen molar-refractivity contribution in [2.75, 3.05) is 26.0 Å². The monoisotopic (exact) mass is 257 g/mol. The molecule has 0 unspecified atom stereocenters. The van der Waals surface area contributed by atoms with Gasteiger partial charge in [0, 0.05) is 25.2 Å². The van der Waals surface area contributed by atoms with Crippen molar-refractivity contribution in [1.82, 2.24) is 5.32 Å². The summed E-state index contributed by atoms with van der Waals surface area (Å²) in [5.74, 6) is 0.0623. The Kier molecular flexibility index (Phi) is 6.65. The molecule has 0 atom stereocenters. The number of carbonyl (C=O) groups is 1. The van der Waals surface area contributed by atoms with Gasteiger partial charge in [-0.2, -0.15) is 0 Å². The van der Waals surface area contributed by atoms with Crippen molar-refractivity contribution in [3.63, 3.8) is 0 Å². The predicted molar refractivity (Wildman–Crippen MR) is 66.6 cm³/mol. The van der Waals surface area contributed by atoms with Gasteiger partial charge in [-0.25, -0.2) is 4.39 Å². The Hall–Kier alpha value is -1.07. The molecule has 1 amide bonds. The summed E-state index contributed by atoms with van der Waals surface area (Å²) in [6, 6.07) is 6.11. The van der Waals surface area contributed by atoms with Crippen LogP contribution in [0, 0.1) is 5.82 Å². The summed E-state index contributed by atoms with van der Waals surface area (Å²) in [7, 11) is 1.63. The van der Waals surface area contributed by atoms with Gasteiger partial charge in [-0.3, -0.25) is 4.79 Å². The van der Waals surface area contributed by atoms with Gasteiger partial charge in [0.15, 0.2) is 0 Å². The summed E-state index contributed by atoms with van der Waals surface area (Å²) < 4.78 is 17.5. The van der Waals surface area contributed by atoms with Crippen LogP contribution < -0.4 is 5.32 Å². The minimum atomic E-state index is -0.265. The molecule has 0 bridgehead atoms. The molecule has 0 fully saturated rings. The molecule has 1 rings (SSSR count). The Morgan fingerprint density at radius 3 is 2.76 bits per heavy atom. The van der Waals surface area contributed by atoms with E-state index >= 15 is 0 Å². The standard InChI is InChI=1S/C12H16FNO2S/c1-16-8-2-7-14-12(15)9-17-11-5-3-10(13)4-6-11/h3-6H,2,7-9H2,1H3,(H,14,15). The molecule has 0 aliphatic rings. The fourth-order valence-electron chi connectivity index (χ4n) is 1.18. The number of amides is 1. The van der Waals surface area contributed by atoms with Gasteiger partial charge in [-0.15, -0.1) is 11.8 Å². The fraction of sp³-hybridized carbons (Fsp3) is 0.417. The molecule has 1 aromatic rings. The fourth-order valence-corrected chi connectivity index (χ4v) is 1.90. The van der Waals surface area contributed by atoms with Gasteiger partial charge in [0.05, 0.1) is 5.75 Å². The topological polar surface area (TPSA) is 38.3 Å². The van der Waals surface area contributed by atoms with Crippen molar-refractivity contribution in [1.29, 1.82) is 0 Å². The molecule has 0 aliphatic carbocycles. The van der Waals surface area contributed by atoms with Crippen LogP contribution in [0.3, 0.4) is 0 Å². The van der Waals surface area contributed by atoms with Crippen LogP contribution in [0.2, 0.25) is 0 Å². The van der Waals surface area contributed by atoms with E-state index in [1.807, 2.05) is 0 Å². The summed E-state index contributed by atoms with van der Waals surface area (Å²) in [6.07, 6.45) is 0.809. The number of nitrogens with one attached hydrogen (secondary N) is 1. The minimum Gasteiger partial charge on any atom is -0.385 e. The largest absolute Gasteiger partial charge is 0.385 e. The second-order valence-electron chi connectivity index (χ2n) is 3.44. The van der Waals surface area contributed by atoms with Crippen LogP contribution in [0.15, 0.2) is 29.2 Å². The molecule has 1 N–H and O–H groups in total. The van der Waals surface area contributed by atoms with Crippen LogP contribution in [-0.2, 0) is 9.53 Å². The Morgan fingerprint density at radius 2 is 2.12 bits per heavy atom. The molecule has 0 aromatic heterocycles. The van der Waals surface area contributed by atoms with E-state index in [4.69, 9.17) is 4.74 Å². The van der Waals surface area contributed by atoms with Gasteiger partial charge in [0.2, 0.25) is 5.91 Å². The van der Waals surface area contributed by atoms with E-state index < -0.39 is 0 Å². The Balaban J connectivity index is 2.17. The maximum Gasteiger partial charge on any atom is 0.230 e. The Bertz CT molecular complexity index is 343. The highest BCUT2D eigenvalue weighted by Crippen LogP contribution is 2.17. The second-order valence-corrected chi connectivity index (χ2v) is 4.49. The van der Waals surface area contributed by atoms with Gasteiger partial charge in [0.1, 0.15) is 5.82 Å². The van der Waals surface area contributed by atoms with Crippen LogP contribution in [0.1, 0.15) is 6.42 Å². The lowest BCUT2D eigenvalue weighted by Gasteiger charge is -2.04. The molecule has 94 valence electrons. The van der Waals surface area contributed by atoms with Gasteiger partial charge in [0.25, 0.3) is 0 Å². The first-order chi connectivity index (χ1) is 8.22. The molecular formula is C12H16FNO2S. The molecule has 0 spiro atoms. The number of rotatable bonds is 7. The van der Waals surface area contributed by atoms with Crippen molar-refractivity contribution >= 4 is 17.7 Å². The number of ether oxygens (including phenoxy) is 1. The predicted octanol–water partition coefficient (Wildman–Crippen LogP) is 2.07. The van der Waals surface area contributed by atoms with Crippen molar-refractivity contribution < 1.29 is 13.9 Å². The highest BCUT2D eigenvalue weighted by atomic mass is 32.2. The van der Waals surface area contributed by atoms with Gasteiger partial charge in [-0.1, -0.05) is 0 Å². The second kappa shape index (κ2) is 8.08. The zero-order valence-corrected chi connectivity index (χ0v) is 10.6. The highest BCUT2D eigenvalue weighted by Gasteiger charge is 2.02. The average Bonchev–Trinajstić information content (AvgIpc) is 2.34. The lowest BCUT2D eigenvalue weighted by atomic mass is 10.4. The molecule has 1 aromatic carbocycles. The number of hydrogen-bond acceptors (Lipinski definition) is 3. The SMILES string of the molecule is COCCCNC(=O)CSc1ccc(F)cc1. The maximum absolute atomic E-state index is 12.6. The Labute approximate surface area is 105 Å². The number of methoxy groups -OCH3 is 1. The molecule has 0 aliphatic heterocycles. The average molecular weight is 257 g/mol. The van der Waals surface area contributed by atoms with E-state index in [1.54, 1.807) is 19.2 Å². The molecule has 17 heavy (non-hydrogen) atoms. The molecule has 0 radical (unpaired) electrons. The summed E-state index contributed by atoms with van der Waals surface area (Å²) in [5.41, 5.74) is 0. The number of halogens is 1. The molecule has 3 nitrogen and oxygen atoms in total. The first-order valence-corrected chi connectivity index (χ1v) is 6.35. The maximum atomic E-state index is 12.6. The number of benzene rings is 1. The van der Waals surface area contributed by atoms with E-state index in [0.717, 1.165) is 11.3 Å². The summed E-state index contributed by atoms with van der Waals surface area (Å²) in [4.78, 5) is 12.3. The number of hydrogen-bond donors (Lipinski definition) is 1. The third-order valence-corrected chi connectivity index (χ3v) is 3.04. The van der Waals surface area contributed by atoms with Crippen LogP contribution in [0.5, 0.6) is 0 Å². The summed E-state index contributed by atoms with van der Waals surface area (Å²) in [6.45, 7) is 1.27. The number of carbonyl (C=O) groups excluding carboxylic acids is 1. The molecular weight excluding hydrogens is 241 g/mol. The summed E-state index contributed by atoms with van der Waals surface area (Å²) in [5, 5.41) is 2.79. The Morgan fingerprint density at radius 1 is 1.41 bits per heavy atom. The van der Waals surface area contributed by atoms with E-state index in [1.165, 1.54) is 23.9 Å². The summed E-state index contributed by atoms with van der Waals surface area (Å²) >= 11 is 1.39. The third kappa shape index (κ3) is 6.28. The van der Waals surface area contributed by atoms with Gasteiger partial charge < -0.3 is 10.1 Å². The van der Waals surface area contributed by atoms with Crippen LogP contribution >= 0.6 is 11.8 Å². The molecule has 0 saturated heterocycles. The minimum absolute atomic E-state index is 0.0181. The van der Waals surface area contributed by atoms with Crippen molar-refractivity contribution in [2.24, 2.45) is 0 Å². The van der Waals surface area contributed by atoms with Crippen LogP contribution in [0.25, 0.3) is 0 Å². The van der Waals surface area contributed by atoms with Crippen LogP contribution in [0.4, 0.5) is 4.39 Å². The van der Waals surface area contributed by atoms with Gasteiger partial charge in [-0.05, 0) is 30.7 Å². The normalized spacial score (nSPS) is 10.2. The van der Waals surface area contributed by atoms with Crippen molar-refractivity contribution in [2.45, 2.75) is 11.3 Å². The van der Waals surface area contributed by atoms with Crippen molar-refractivity contribution in [3.05, 3.63) is 30.1 Å². The molecule has 0 heterocycles. The van der Waals surface area contributed by atoms with E-state index in [9.17, 15) is 9.18 Å².